The number of halogens is 3. The molecule has 0 aromatic carbocycles. The van der Waals surface area contributed by atoms with Crippen LogP contribution < -0.4 is 0 Å². The van der Waals surface area contributed by atoms with Crippen molar-refractivity contribution >= 4 is 9.84 Å². The van der Waals surface area contributed by atoms with Crippen molar-refractivity contribution in [3.05, 3.63) is 0 Å². The van der Waals surface area contributed by atoms with E-state index < -0.39 is 40.7 Å². The molecule has 0 saturated carbocycles. The molecule has 1 unspecified atom stereocenters. The topological polar surface area (TPSA) is 54.4 Å². The second-order valence-corrected chi connectivity index (χ2v) is 5.08. The molecule has 0 aliphatic heterocycles. The summed E-state index contributed by atoms with van der Waals surface area (Å²) in [6, 6.07) is 0. The summed E-state index contributed by atoms with van der Waals surface area (Å²) >= 11 is 0. The van der Waals surface area contributed by atoms with Crippen LogP contribution >= 0.6 is 0 Å². The van der Waals surface area contributed by atoms with Gasteiger partial charge in [0.1, 0.15) is 9.84 Å². The monoisotopic (exact) mass is 220 g/mol. The van der Waals surface area contributed by atoms with Crippen LogP contribution in [0.4, 0.5) is 13.2 Å². The second-order valence-electron chi connectivity index (χ2n) is 2.90. The van der Waals surface area contributed by atoms with Crippen molar-refractivity contribution in [2.75, 3.05) is 12.0 Å². The van der Waals surface area contributed by atoms with Gasteiger partial charge in [-0.1, -0.05) is 0 Å². The van der Waals surface area contributed by atoms with E-state index >= 15 is 0 Å². The van der Waals surface area contributed by atoms with Crippen molar-refractivity contribution in [2.45, 2.75) is 25.1 Å². The summed E-state index contributed by atoms with van der Waals surface area (Å²) in [6.45, 7) is 0. The molecule has 3 nitrogen and oxygen atoms in total. The number of hydrogen-bond acceptors (Lipinski definition) is 3. The Labute approximate surface area is 74.5 Å². The van der Waals surface area contributed by atoms with E-state index in [9.17, 15) is 21.6 Å². The van der Waals surface area contributed by atoms with E-state index in [1.165, 1.54) is 0 Å². The molecule has 0 saturated heterocycles. The van der Waals surface area contributed by atoms with Gasteiger partial charge >= 0.3 is 6.18 Å². The minimum Gasteiger partial charge on any atom is -0.392 e. The van der Waals surface area contributed by atoms with Crippen LogP contribution in [0.2, 0.25) is 0 Å². The summed E-state index contributed by atoms with van der Waals surface area (Å²) in [4.78, 5) is 0. The van der Waals surface area contributed by atoms with Crippen molar-refractivity contribution in [1.29, 1.82) is 0 Å². The maximum atomic E-state index is 11.6. The van der Waals surface area contributed by atoms with Gasteiger partial charge in [0.25, 0.3) is 0 Å². The Hall–Kier alpha value is -0.300. The molecule has 7 heteroatoms. The molecule has 0 amide bonds. The van der Waals surface area contributed by atoms with E-state index in [1.807, 2.05) is 0 Å². The van der Waals surface area contributed by atoms with Gasteiger partial charge in [-0.2, -0.15) is 13.2 Å². The molecule has 80 valence electrons. The Morgan fingerprint density at radius 1 is 1.38 bits per heavy atom. The van der Waals surface area contributed by atoms with Crippen molar-refractivity contribution < 1.29 is 26.7 Å². The maximum Gasteiger partial charge on any atom is 0.389 e. The second kappa shape index (κ2) is 4.28. The quantitative estimate of drug-likeness (QED) is 0.760. The lowest BCUT2D eigenvalue weighted by Gasteiger charge is -2.10. The molecular formula is C6H11F3O3S. The largest absolute Gasteiger partial charge is 0.392 e. The van der Waals surface area contributed by atoms with Crippen molar-refractivity contribution in [2.24, 2.45) is 0 Å². The zero-order valence-corrected chi connectivity index (χ0v) is 7.82. The fourth-order valence-electron chi connectivity index (χ4n) is 0.763. The first-order chi connectivity index (χ1) is 5.60. The molecule has 0 spiro atoms. The molecule has 0 aromatic heterocycles. The third-order valence-corrected chi connectivity index (χ3v) is 2.25. The molecule has 0 aromatic rings. The maximum absolute atomic E-state index is 11.6. The highest BCUT2D eigenvalue weighted by atomic mass is 32.2. The molecular weight excluding hydrogens is 209 g/mol. The van der Waals surface area contributed by atoms with Crippen LogP contribution in [-0.2, 0) is 9.84 Å². The average Bonchev–Trinajstić information content (AvgIpc) is 1.78. The van der Waals surface area contributed by atoms with E-state index in [-0.39, 0.29) is 0 Å². The van der Waals surface area contributed by atoms with E-state index in [0.717, 1.165) is 6.26 Å². The summed E-state index contributed by atoms with van der Waals surface area (Å²) < 4.78 is 55.8. The van der Waals surface area contributed by atoms with Crippen LogP contribution in [0.5, 0.6) is 0 Å². The molecule has 0 heterocycles. The van der Waals surface area contributed by atoms with Gasteiger partial charge in [0.05, 0.1) is 11.9 Å². The first-order valence-corrected chi connectivity index (χ1v) is 5.59. The lowest BCUT2D eigenvalue weighted by molar-refractivity contribution is -0.139. The number of aliphatic hydroxyl groups excluding tert-OH is 1. The zero-order chi connectivity index (χ0) is 10.7. The molecule has 0 fully saturated rings. The van der Waals surface area contributed by atoms with Gasteiger partial charge in [-0.3, -0.25) is 0 Å². The van der Waals surface area contributed by atoms with Gasteiger partial charge in [-0.25, -0.2) is 8.42 Å². The van der Waals surface area contributed by atoms with Crippen molar-refractivity contribution in [3.8, 4) is 0 Å². The molecule has 13 heavy (non-hydrogen) atoms. The number of rotatable bonds is 4. The molecule has 1 atom stereocenters. The third-order valence-electron chi connectivity index (χ3n) is 1.26. The molecule has 0 aliphatic rings. The highest BCUT2D eigenvalue weighted by molar-refractivity contribution is 7.90. The van der Waals surface area contributed by atoms with E-state index in [1.54, 1.807) is 0 Å². The Morgan fingerprint density at radius 3 is 2.15 bits per heavy atom. The average molecular weight is 220 g/mol. The van der Waals surface area contributed by atoms with Crippen LogP contribution in [0.1, 0.15) is 12.8 Å². The van der Waals surface area contributed by atoms with Crippen LogP contribution in [0.25, 0.3) is 0 Å². The number of aliphatic hydroxyl groups is 1. The fraction of sp³-hybridized carbons (Fsp3) is 1.00. The van der Waals surface area contributed by atoms with Crippen molar-refractivity contribution in [3.63, 3.8) is 0 Å². The summed E-state index contributed by atoms with van der Waals surface area (Å²) in [6.07, 6.45) is -6.65. The lowest BCUT2D eigenvalue weighted by atomic mass is 10.2. The third kappa shape index (κ3) is 9.62. The van der Waals surface area contributed by atoms with E-state index in [0.29, 0.717) is 0 Å². The van der Waals surface area contributed by atoms with Gasteiger partial charge in [0, 0.05) is 12.7 Å². The molecule has 0 bridgehead atoms. The number of sulfone groups is 1. The van der Waals surface area contributed by atoms with Crippen LogP contribution in [-0.4, -0.2) is 37.8 Å². The molecule has 0 radical (unpaired) electrons. The van der Waals surface area contributed by atoms with Crippen LogP contribution in [0.15, 0.2) is 0 Å². The van der Waals surface area contributed by atoms with Gasteiger partial charge < -0.3 is 5.11 Å². The summed E-state index contributed by atoms with van der Waals surface area (Å²) in [5, 5.41) is 8.87. The molecule has 0 rings (SSSR count). The highest BCUT2D eigenvalue weighted by Gasteiger charge is 2.28. The Bertz CT molecular complexity index is 244. The summed E-state index contributed by atoms with van der Waals surface area (Å²) in [7, 11) is -3.41. The standard InChI is InChI=1S/C6H11F3O3S/c1-13(11,12)4-5(10)2-3-6(7,8)9/h5,10H,2-4H2,1H3. The lowest BCUT2D eigenvalue weighted by Crippen LogP contribution is -2.22. The molecule has 0 aliphatic carbocycles. The summed E-state index contributed by atoms with van der Waals surface area (Å²) in [5.74, 6) is -0.622. The predicted molar refractivity (Wildman–Crippen MR) is 41.0 cm³/mol. The first kappa shape index (κ1) is 12.7. The first-order valence-electron chi connectivity index (χ1n) is 3.53. The van der Waals surface area contributed by atoms with E-state index in [2.05, 4.69) is 0 Å². The SMILES string of the molecule is CS(=O)(=O)CC(O)CCC(F)(F)F. The Kier molecular flexibility index (Phi) is 4.18. The normalized spacial score (nSPS) is 15.8. The van der Waals surface area contributed by atoms with Gasteiger partial charge in [0.2, 0.25) is 0 Å². The Morgan fingerprint density at radius 2 is 1.85 bits per heavy atom. The van der Waals surface area contributed by atoms with Crippen LogP contribution in [0.3, 0.4) is 0 Å². The van der Waals surface area contributed by atoms with Crippen LogP contribution in [0, 0.1) is 0 Å². The zero-order valence-electron chi connectivity index (χ0n) is 7.00. The Balaban J connectivity index is 3.84. The van der Waals surface area contributed by atoms with Gasteiger partial charge in [0.15, 0.2) is 0 Å². The number of hydrogen-bond donors (Lipinski definition) is 1. The van der Waals surface area contributed by atoms with Crippen molar-refractivity contribution in [1.82, 2.24) is 0 Å². The van der Waals surface area contributed by atoms with Gasteiger partial charge in [-0.05, 0) is 6.42 Å². The van der Waals surface area contributed by atoms with E-state index in [4.69, 9.17) is 5.11 Å². The number of alkyl halides is 3. The minimum atomic E-state index is -4.35. The minimum absolute atomic E-state index is 0.573. The highest BCUT2D eigenvalue weighted by Crippen LogP contribution is 2.22. The predicted octanol–water partition coefficient (Wildman–Crippen LogP) is 0.734. The van der Waals surface area contributed by atoms with Gasteiger partial charge in [-0.15, -0.1) is 0 Å². The molecule has 1 N–H and O–H groups in total. The summed E-state index contributed by atoms with van der Waals surface area (Å²) in [5.41, 5.74) is 0. The smallest absolute Gasteiger partial charge is 0.389 e. The fourth-order valence-corrected chi connectivity index (χ4v) is 1.63.